The number of aryl methyl sites for hydroxylation is 1. The average molecular weight is 193 g/mol. The van der Waals surface area contributed by atoms with Crippen molar-refractivity contribution in [3.8, 4) is 0 Å². The van der Waals surface area contributed by atoms with E-state index >= 15 is 0 Å². The molecule has 3 nitrogen and oxygen atoms in total. The lowest BCUT2D eigenvalue weighted by Crippen LogP contribution is -2.16. The molecule has 1 atom stereocenters. The molecule has 0 saturated carbocycles. The first-order valence-electron chi connectivity index (χ1n) is 5.65. The Hall–Kier alpha value is -0.830. The van der Waals surface area contributed by atoms with Gasteiger partial charge in [-0.3, -0.25) is 0 Å². The fourth-order valence-electron chi connectivity index (χ4n) is 2.07. The highest BCUT2D eigenvalue weighted by atomic mass is 15.1. The van der Waals surface area contributed by atoms with Crippen LogP contribution in [0, 0.1) is 0 Å². The Kier molecular flexibility index (Phi) is 3.19. The number of hydrogen-bond acceptors (Lipinski definition) is 2. The van der Waals surface area contributed by atoms with E-state index in [1.165, 1.54) is 31.4 Å². The Morgan fingerprint density at radius 2 is 2.57 bits per heavy atom. The Balaban J connectivity index is 2.04. The van der Waals surface area contributed by atoms with Crippen molar-refractivity contribution < 1.29 is 0 Å². The lowest BCUT2D eigenvalue weighted by atomic mass is 10.1. The van der Waals surface area contributed by atoms with Crippen LogP contribution in [-0.4, -0.2) is 16.1 Å². The topological polar surface area (TPSA) is 29.9 Å². The van der Waals surface area contributed by atoms with Crippen molar-refractivity contribution in [2.24, 2.45) is 0 Å². The Morgan fingerprint density at radius 1 is 1.64 bits per heavy atom. The molecule has 1 unspecified atom stereocenters. The summed E-state index contributed by atoms with van der Waals surface area (Å²) in [6.45, 7) is 4.50. The van der Waals surface area contributed by atoms with Crippen LogP contribution >= 0.6 is 0 Å². The zero-order valence-corrected chi connectivity index (χ0v) is 8.87. The summed E-state index contributed by atoms with van der Waals surface area (Å²) < 4.78 is 2.30. The molecule has 3 heteroatoms. The van der Waals surface area contributed by atoms with Crippen molar-refractivity contribution in [2.45, 2.75) is 45.2 Å². The van der Waals surface area contributed by atoms with Gasteiger partial charge < -0.3 is 9.88 Å². The Morgan fingerprint density at radius 3 is 3.29 bits per heavy atom. The summed E-state index contributed by atoms with van der Waals surface area (Å²) in [6.07, 6.45) is 9.02. The molecule has 0 aromatic carbocycles. The quantitative estimate of drug-likeness (QED) is 0.793. The second-order valence-corrected chi connectivity index (χ2v) is 4.01. The van der Waals surface area contributed by atoms with Gasteiger partial charge in [0.1, 0.15) is 0 Å². The van der Waals surface area contributed by atoms with E-state index in [9.17, 15) is 0 Å². The third-order valence-corrected chi connectivity index (χ3v) is 2.91. The maximum Gasteiger partial charge on any atom is 0.0948 e. The molecule has 1 fully saturated rings. The van der Waals surface area contributed by atoms with E-state index in [0.29, 0.717) is 6.04 Å². The summed E-state index contributed by atoms with van der Waals surface area (Å²) >= 11 is 0. The van der Waals surface area contributed by atoms with Gasteiger partial charge in [0, 0.05) is 18.8 Å². The highest BCUT2D eigenvalue weighted by Crippen LogP contribution is 2.22. The summed E-state index contributed by atoms with van der Waals surface area (Å²) in [7, 11) is 0. The largest absolute Gasteiger partial charge is 0.333 e. The highest BCUT2D eigenvalue weighted by Gasteiger charge is 2.19. The molecule has 0 bridgehead atoms. The van der Waals surface area contributed by atoms with Gasteiger partial charge in [0.05, 0.1) is 12.0 Å². The average Bonchev–Trinajstić information content (AvgIpc) is 2.84. The minimum absolute atomic E-state index is 0.550. The maximum atomic E-state index is 4.24. The molecule has 0 aliphatic carbocycles. The van der Waals surface area contributed by atoms with E-state index in [1.54, 1.807) is 0 Å². The molecule has 0 amide bonds. The molecular weight excluding hydrogens is 174 g/mol. The number of rotatable bonds is 4. The van der Waals surface area contributed by atoms with Gasteiger partial charge in [-0.05, 0) is 25.8 Å². The van der Waals surface area contributed by atoms with E-state index in [0.717, 1.165) is 13.1 Å². The molecule has 1 aliphatic heterocycles. The van der Waals surface area contributed by atoms with Crippen molar-refractivity contribution in [3.05, 3.63) is 18.2 Å². The second-order valence-electron chi connectivity index (χ2n) is 4.01. The fraction of sp³-hybridized carbons (Fsp3) is 0.727. The van der Waals surface area contributed by atoms with Crippen LogP contribution < -0.4 is 5.32 Å². The fourth-order valence-corrected chi connectivity index (χ4v) is 2.07. The normalized spacial score (nSPS) is 21.6. The SMILES string of the molecule is CCCCn1cncc1C1CCCN1. The zero-order chi connectivity index (χ0) is 9.80. The number of nitrogens with one attached hydrogen (secondary N) is 1. The molecule has 2 rings (SSSR count). The summed E-state index contributed by atoms with van der Waals surface area (Å²) in [4.78, 5) is 4.24. The number of nitrogens with zero attached hydrogens (tertiary/aromatic N) is 2. The Labute approximate surface area is 85.5 Å². The molecule has 14 heavy (non-hydrogen) atoms. The van der Waals surface area contributed by atoms with Gasteiger partial charge in [-0.15, -0.1) is 0 Å². The predicted octanol–water partition coefficient (Wildman–Crippen LogP) is 2.11. The summed E-state index contributed by atoms with van der Waals surface area (Å²) in [6, 6.07) is 0.550. The Bertz CT molecular complexity index is 274. The first kappa shape index (κ1) is 9.71. The van der Waals surface area contributed by atoms with E-state index in [-0.39, 0.29) is 0 Å². The first-order chi connectivity index (χ1) is 6.92. The number of hydrogen-bond donors (Lipinski definition) is 1. The van der Waals surface area contributed by atoms with Gasteiger partial charge in [0.25, 0.3) is 0 Å². The van der Waals surface area contributed by atoms with E-state index in [2.05, 4.69) is 21.8 Å². The lowest BCUT2D eigenvalue weighted by molar-refractivity contribution is 0.545. The van der Waals surface area contributed by atoms with Crippen LogP contribution in [0.15, 0.2) is 12.5 Å². The van der Waals surface area contributed by atoms with Crippen LogP contribution in [0.1, 0.15) is 44.3 Å². The summed E-state index contributed by atoms with van der Waals surface area (Å²) in [5, 5.41) is 3.51. The van der Waals surface area contributed by atoms with Crippen molar-refractivity contribution in [3.63, 3.8) is 0 Å². The molecule has 2 heterocycles. The van der Waals surface area contributed by atoms with Crippen LogP contribution in [0.25, 0.3) is 0 Å². The van der Waals surface area contributed by atoms with Crippen LogP contribution in [-0.2, 0) is 6.54 Å². The lowest BCUT2D eigenvalue weighted by Gasteiger charge is -2.13. The minimum Gasteiger partial charge on any atom is -0.333 e. The van der Waals surface area contributed by atoms with Crippen molar-refractivity contribution in [1.29, 1.82) is 0 Å². The van der Waals surface area contributed by atoms with Crippen molar-refractivity contribution in [1.82, 2.24) is 14.9 Å². The smallest absolute Gasteiger partial charge is 0.0948 e. The van der Waals surface area contributed by atoms with Gasteiger partial charge in [0.2, 0.25) is 0 Å². The molecular formula is C11H19N3. The maximum absolute atomic E-state index is 4.24. The first-order valence-corrected chi connectivity index (χ1v) is 5.65. The second kappa shape index (κ2) is 4.60. The van der Waals surface area contributed by atoms with Gasteiger partial charge in [-0.2, -0.15) is 0 Å². The van der Waals surface area contributed by atoms with Crippen LogP contribution in [0.5, 0.6) is 0 Å². The van der Waals surface area contributed by atoms with Gasteiger partial charge >= 0.3 is 0 Å². The van der Waals surface area contributed by atoms with Crippen LogP contribution in [0.3, 0.4) is 0 Å². The highest BCUT2D eigenvalue weighted by molar-refractivity contribution is 5.07. The monoisotopic (exact) mass is 193 g/mol. The molecule has 1 aliphatic rings. The van der Waals surface area contributed by atoms with E-state index in [4.69, 9.17) is 0 Å². The van der Waals surface area contributed by atoms with Crippen LogP contribution in [0.4, 0.5) is 0 Å². The predicted molar refractivity (Wildman–Crippen MR) is 57.1 cm³/mol. The molecule has 0 spiro atoms. The number of imidazole rings is 1. The van der Waals surface area contributed by atoms with Crippen LogP contribution in [0.2, 0.25) is 0 Å². The van der Waals surface area contributed by atoms with E-state index in [1.807, 2.05) is 12.5 Å². The summed E-state index contributed by atoms with van der Waals surface area (Å²) in [5.74, 6) is 0. The molecule has 1 aromatic rings. The van der Waals surface area contributed by atoms with Gasteiger partial charge in [-0.1, -0.05) is 13.3 Å². The van der Waals surface area contributed by atoms with Gasteiger partial charge in [-0.25, -0.2) is 4.98 Å². The zero-order valence-electron chi connectivity index (χ0n) is 8.87. The summed E-state index contributed by atoms with van der Waals surface area (Å²) in [5.41, 5.74) is 1.37. The minimum atomic E-state index is 0.550. The molecule has 78 valence electrons. The third kappa shape index (κ3) is 1.98. The molecule has 1 N–H and O–H groups in total. The molecule has 1 aromatic heterocycles. The van der Waals surface area contributed by atoms with Gasteiger partial charge in [0.15, 0.2) is 0 Å². The van der Waals surface area contributed by atoms with Crippen molar-refractivity contribution >= 4 is 0 Å². The number of unbranched alkanes of at least 4 members (excludes halogenated alkanes) is 1. The molecule has 1 saturated heterocycles. The third-order valence-electron chi connectivity index (χ3n) is 2.91. The number of aromatic nitrogens is 2. The molecule has 0 radical (unpaired) electrons. The standard InChI is InChI=1S/C11H19N3/c1-2-3-7-14-9-12-8-11(14)10-5-4-6-13-10/h8-10,13H,2-7H2,1H3. The van der Waals surface area contributed by atoms with E-state index < -0.39 is 0 Å². The van der Waals surface area contributed by atoms with Crippen molar-refractivity contribution in [2.75, 3.05) is 6.54 Å².